The van der Waals surface area contributed by atoms with Crippen LogP contribution in [0.1, 0.15) is 48.4 Å². The van der Waals surface area contributed by atoms with E-state index in [0.717, 1.165) is 38.8 Å². The number of hydrogen-bond donors (Lipinski definition) is 1. The van der Waals surface area contributed by atoms with Crippen LogP contribution in [0.15, 0.2) is 60.8 Å². The topological polar surface area (TPSA) is 49.0 Å². The Bertz CT molecular complexity index is 947. The standard InChI is InChI=1S/C25H29N3O/c1-19-9-5-6-14-22(19)23-17-26-27-25(23)21-13-8-16-28(18-21)24(29)15-7-12-20-10-3-2-4-11-20/h2-6,9-11,14,17,21H,7-8,12-13,15-16,18H2,1H3,(H,26,27)/t21-/m1/s1. The Morgan fingerprint density at radius 1 is 1.10 bits per heavy atom. The van der Waals surface area contributed by atoms with Crippen molar-refractivity contribution in [1.82, 2.24) is 15.1 Å². The molecule has 3 aromatic rings. The van der Waals surface area contributed by atoms with Crippen molar-refractivity contribution in [2.75, 3.05) is 13.1 Å². The SMILES string of the molecule is Cc1ccccc1-c1cn[nH]c1[C@@H]1CCCN(C(=O)CCCc2ccccc2)C1. The Balaban J connectivity index is 1.39. The van der Waals surface area contributed by atoms with Gasteiger partial charge >= 0.3 is 0 Å². The van der Waals surface area contributed by atoms with Crippen LogP contribution >= 0.6 is 0 Å². The van der Waals surface area contributed by atoms with Gasteiger partial charge in [-0.3, -0.25) is 9.89 Å². The van der Waals surface area contributed by atoms with E-state index >= 15 is 0 Å². The van der Waals surface area contributed by atoms with Crippen LogP contribution in [-0.2, 0) is 11.2 Å². The lowest BCUT2D eigenvalue weighted by molar-refractivity contribution is -0.132. The molecule has 0 aliphatic carbocycles. The summed E-state index contributed by atoms with van der Waals surface area (Å²) in [5.74, 6) is 0.599. The number of benzene rings is 2. The average molecular weight is 388 g/mol. The number of H-pyrrole nitrogens is 1. The van der Waals surface area contributed by atoms with Crippen LogP contribution in [0.4, 0.5) is 0 Å². The molecule has 1 aromatic heterocycles. The monoisotopic (exact) mass is 387 g/mol. The van der Waals surface area contributed by atoms with Crippen molar-refractivity contribution in [2.24, 2.45) is 0 Å². The average Bonchev–Trinajstić information content (AvgIpc) is 3.24. The lowest BCUT2D eigenvalue weighted by Gasteiger charge is -2.33. The van der Waals surface area contributed by atoms with Gasteiger partial charge in [-0.15, -0.1) is 0 Å². The van der Waals surface area contributed by atoms with Gasteiger partial charge in [-0.1, -0.05) is 54.6 Å². The van der Waals surface area contributed by atoms with Crippen molar-refractivity contribution in [3.63, 3.8) is 0 Å². The van der Waals surface area contributed by atoms with Gasteiger partial charge in [0.25, 0.3) is 0 Å². The summed E-state index contributed by atoms with van der Waals surface area (Å²) in [6.07, 6.45) is 6.55. The van der Waals surface area contributed by atoms with Gasteiger partial charge in [0.1, 0.15) is 0 Å². The summed E-state index contributed by atoms with van der Waals surface area (Å²) in [6.45, 7) is 3.79. The van der Waals surface area contributed by atoms with Gasteiger partial charge in [0.05, 0.1) is 6.20 Å². The fourth-order valence-electron chi connectivity index (χ4n) is 4.38. The Kier molecular flexibility index (Phi) is 6.09. The highest BCUT2D eigenvalue weighted by Gasteiger charge is 2.27. The van der Waals surface area contributed by atoms with E-state index in [1.54, 1.807) is 0 Å². The van der Waals surface area contributed by atoms with Crippen molar-refractivity contribution in [3.8, 4) is 11.1 Å². The molecule has 4 rings (SSSR count). The quantitative estimate of drug-likeness (QED) is 0.639. The third kappa shape index (κ3) is 4.58. The largest absolute Gasteiger partial charge is 0.342 e. The van der Waals surface area contributed by atoms with E-state index in [-0.39, 0.29) is 5.91 Å². The summed E-state index contributed by atoms with van der Waals surface area (Å²) in [5, 5.41) is 7.58. The van der Waals surface area contributed by atoms with Gasteiger partial charge in [-0.05, 0) is 49.3 Å². The number of likely N-dealkylation sites (tertiary alicyclic amines) is 1. The van der Waals surface area contributed by atoms with Crippen LogP contribution in [0.2, 0.25) is 0 Å². The minimum Gasteiger partial charge on any atom is -0.342 e. The number of carbonyl (C=O) groups is 1. The summed E-state index contributed by atoms with van der Waals surface area (Å²) in [7, 11) is 0. The van der Waals surface area contributed by atoms with Crippen molar-refractivity contribution < 1.29 is 4.79 Å². The molecule has 2 aromatic carbocycles. The summed E-state index contributed by atoms with van der Waals surface area (Å²) in [5.41, 5.74) is 6.12. The molecule has 1 N–H and O–H groups in total. The van der Waals surface area contributed by atoms with E-state index in [9.17, 15) is 4.79 Å². The summed E-state index contributed by atoms with van der Waals surface area (Å²) < 4.78 is 0. The molecule has 4 heteroatoms. The predicted molar refractivity (Wildman–Crippen MR) is 117 cm³/mol. The molecule has 1 aliphatic rings. The molecule has 2 heterocycles. The second-order valence-electron chi connectivity index (χ2n) is 8.03. The lowest BCUT2D eigenvalue weighted by Crippen LogP contribution is -2.39. The summed E-state index contributed by atoms with van der Waals surface area (Å²) in [4.78, 5) is 14.9. The molecule has 4 nitrogen and oxygen atoms in total. The molecule has 0 radical (unpaired) electrons. The number of nitrogens with one attached hydrogen (secondary N) is 1. The molecule has 1 aliphatic heterocycles. The van der Waals surface area contributed by atoms with Crippen LogP contribution < -0.4 is 0 Å². The maximum atomic E-state index is 12.8. The molecule has 1 fully saturated rings. The molecular formula is C25H29N3O. The van der Waals surface area contributed by atoms with E-state index < -0.39 is 0 Å². The third-order valence-corrected chi connectivity index (χ3v) is 5.99. The van der Waals surface area contributed by atoms with Crippen LogP contribution in [-0.4, -0.2) is 34.1 Å². The first-order chi connectivity index (χ1) is 14.2. The van der Waals surface area contributed by atoms with Gasteiger partial charge in [0.15, 0.2) is 0 Å². The predicted octanol–water partition coefficient (Wildman–Crippen LogP) is 5.11. The third-order valence-electron chi connectivity index (χ3n) is 5.99. The zero-order valence-corrected chi connectivity index (χ0v) is 17.1. The molecule has 0 saturated carbocycles. The number of carbonyl (C=O) groups excluding carboxylic acids is 1. The molecule has 1 amide bonds. The molecule has 1 atom stereocenters. The molecule has 150 valence electrons. The normalized spacial score (nSPS) is 16.7. The maximum Gasteiger partial charge on any atom is 0.222 e. The number of aromatic amines is 1. The Labute approximate surface area is 173 Å². The summed E-state index contributed by atoms with van der Waals surface area (Å²) in [6, 6.07) is 18.8. The highest BCUT2D eigenvalue weighted by Crippen LogP contribution is 2.34. The second-order valence-corrected chi connectivity index (χ2v) is 8.03. The number of aromatic nitrogens is 2. The fraction of sp³-hybridized carbons (Fsp3) is 0.360. The first-order valence-electron chi connectivity index (χ1n) is 10.6. The minimum atomic E-state index is 0.280. The molecular weight excluding hydrogens is 358 g/mol. The molecule has 29 heavy (non-hydrogen) atoms. The zero-order valence-electron chi connectivity index (χ0n) is 17.1. The van der Waals surface area contributed by atoms with Gasteiger partial charge in [-0.25, -0.2) is 0 Å². The van der Waals surface area contributed by atoms with Crippen molar-refractivity contribution in [2.45, 2.75) is 44.9 Å². The van der Waals surface area contributed by atoms with E-state index in [4.69, 9.17) is 0 Å². The summed E-state index contributed by atoms with van der Waals surface area (Å²) >= 11 is 0. The van der Waals surface area contributed by atoms with Crippen molar-refractivity contribution in [3.05, 3.63) is 77.6 Å². The van der Waals surface area contributed by atoms with Crippen LogP contribution in [0.5, 0.6) is 0 Å². The van der Waals surface area contributed by atoms with E-state index in [2.05, 4.69) is 70.6 Å². The van der Waals surface area contributed by atoms with Gasteiger partial charge in [0, 0.05) is 36.7 Å². The van der Waals surface area contributed by atoms with E-state index in [0.29, 0.717) is 12.3 Å². The molecule has 1 saturated heterocycles. The molecule has 0 unspecified atom stereocenters. The lowest BCUT2D eigenvalue weighted by atomic mass is 9.89. The maximum absolute atomic E-state index is 12.8. The minimum absolute atomic E-state index is 0.280. The van der Waals surface area contributed by atoms with Gasteiger partial charge in [-0.2, -0.15) is 5.10 Å². The fourth-order valence-corrected chi connectivity index (χ4v) is 4.38. The number of nitrogens with zero attached hydrogens (tertiary/aromatic N) is 2. The molecule has 0 bridgehead atoms. The highest BCUT2D eigenvalue weighted by atomic mass is 16.2. The van der Waals surface area contributed by atoms with Crippen LogP contribution in [0, 0.1) is 6.92 Å². The van der Waals surface area contributed by atoms with Gasteiger partial charge in [0.2, 0.25) is 5.91 Å². The van der Waals surface area contributed by atoms with Gasteiger partial charge < -0.3 is 4.90 Å². The number of aryl methyl sites for hydroxylation is 2. The molecule has 0 spiro atoms. The van der Waals surface area contributed by atoms with Crippen LogP contribution in [0.25, 0.3) is 11.1 Å². The highest BCUT2D eigenvalue weighted by molar-refractivity contribution is 5.76. The van der Waals surface area contributed by atoms with Crippen molar-refractivity contribution in [1.29, 1.82) is 0 Å². The zero-order chi connectivity index (χ0) is 20.1. The Morgan fingerprint density at radius 2 is 1.90 bits per heavy atom. The Morgan fingerprint density at radius 3 is 2.72 bits per heavy atom. The number of piperidine rings is 1. The van der Waals surface area contributed by atoms with Crippen molar-refractivity contribution >= 4 is 5.91 Å². The van der Waals surface area contributed by atoms with E-state index in [1.807, 2.05) is 12.3 Å². The Hall–Kier alpha value is -2.88. The first-order valence-corrected chi connectivity index (χ1v) is 10.6. The van der Waals surface area contributed by atoms with Crippen LogP contribution in [0.3, 0.4) is 0 Å². The number of rotatable bonds is 6. The number of hydrogen-bond acceptors (Lipinski definition) is 2. The second kappa shape index (κ2) is 9.08. The number of amides is 1. The first kappa shape index (κ1) is 19.4. The smallest absolute Gasteiger partial charge is 0.222 e. The van der Waals surface area contributed by atoms with E-state index in [1.165, 1.54) is 27.9 Å².